The highest BCUT2D eigenvalue weighted by Crippen LogP contribution is 2.32. The second kappa shape index (κ2) is 9.06. The molecular formula is C18H29NO2. The van der Waals surface area contributed by atoms with Gasteiger partial charge in [0.05, 0.1) is 7.11 Å². The lowest BCUT2D eigenvalue weighted by Gasteiger charge is -2.27. The molecule has 1 unspecified atom stereocenters. The maximum atomic E-state index is 5.61. The van der Waals surface area contributed by atoms with E-state index >= 15 is 0 Å². The lowest BCUT2D eigenvalue weighted by molar-refractivity contribution is 0.128. The van der Waals surface area contributed by atoms with E-state index in [1.54, 1.807) is 7.11 Å². The summed E-state index contributed by atoms with van der Waals surface area (Å²) in [6.07, 6.45) is 7.13. The maximum absolute atomic E-state index is 5.61. The van der Waals surface area contributed by atoms with Crippen molar-refractivity contribution in [3.63, 3.8) is 0 Å². The molecular weight excluding hydrogens is 262 g/mol. The Morgan fingerprint density at radius 2 is 2.10 bits per heavy atom. The van der Waals surface area contributed by atoms with Crippen LogP contribution < -0.4 is 10.1 Å². The van der Waals surface area contributed by atoms with Gasteiger partial charge in [-0.1, -0.05) is 19.4 Å². The van der Waals surface area contributed by atoms with Crippen LogP contribution >= 0.6 is 0 Å². The minimum absolute atomic E-state index is 0.496. The van der Waals surface area contributed by atoms with Crippen LogP contribution in [-0.2, 0) is 11.2 Å². The predicted molar refractivity (Wildman–Crippen MR) is 87.0 cm³/mol. The van der Waals surface area contributed by atoms with Crippen LogP contribution in [0, 0.1) is 0 Å². The summed E-state index contributed by atoms with van der Waals surface area (Å²) in [5.41, 5.74) is 2.89. The third-order valence-electron chi connectivity index (χ3n) is 4.16. The number of fused-ring (bicyclic) bond motifs is 1. The van der Waals surface area contributed by atoms with Crippen LogP contribution in [0.15, 0.2) is 18.2 Å². The first-order chi connectivity index (χ1) is 10.3. The maximum Gasteiger partial charge on any atom is 0.119 e. The average Bonchev–Trinajstić information content (AvgIpc) is 2.53. The smallest absolute Gasteiger partial charge is 0.119 e. The van der Waals surface area contributed by atoms with Crippen molar-refractivity contribution in [3.05, 3.63) is 29.3 Å². The van der Waals surface area contributed by atoms with Crippen LogP contribution in [0.5, 0.6) is 5.75 Å². The molecule has 1 aromatic rings. The van der Waals surface area contributed by atoms with Gasteiger partial charge in [0, 0.05) is 19.3 Å². The fourth-order valence-electron chi connectivity index (χ4n) is 2.93. The monoisotopic (exact) mass is 291 g/mol. The van der Waals surface area contributed by atoms with Crippen molar-refractivity contribution >= 4 is 0 Å². The van der Waals surface area contributed by atoms with Gasteiger partial charge in [-0.3, -0.25) is 0 Å². The zero-order valence-corrected chi connectivity index (χ0v) is 13.5. The van der Waals surface area contributed by atoms with E-state index in [1.165, 1.54) is 43.2 Å². The number of benzene rings is 1. The number of unbranched alkanes of at least 4 members (excludes halogenated alkanes) is 1. The minimum atomic E-state index is 0.496. The summed E-state index contributed by atoms with van der Waals surface area (Å²) in [7, 11) is 1.73. The van der Waals surface area contributed by atoms with E-state index in [1.807, 2.05) is 0 Å². The molecule has 0 saturated carbocycles. The molecule has 3 nitrogen and oxygen atoms in total. The first-order valence-corrected chi connectivity index (χ1v) is 8.33. The number of rotatable bonds is 9. The van der Waals surface area contributed by atoms with Crippen LogP contribution in [-0.4, -0.2) is 26.9 Å². The number of nitrogens with one attached hydrogen (secondary N) is 1. The summed E-state index contributed by atoms with van der Waals surface area (Å²) >= 11 is 0. The van der Waals surface area contributed by atoms with E-state index in [4.69, 9.17) is 9.47 Å². The summed E-state index contributed by atoms with van der Waals surface area (Å²) in [6.45, 7) is 5.00. The number of aryl methyl sites for hydroxylation is 1. The fraction of sp³-hybridized carbons (Fsp3) is 0.667. The van der Waals surface area contributed by atoms with Gasteiger partial charge >= 0.3 is 0 Å². The molecule has 0 aliphatic heterocycles. The molecule has 0 aromatic heterocycles. The van der Waals surface area contributed by atoms with E-state index in [0.29, 0.717) is 6.04 Å². The Hall–Kier alpha value is -1.06. The minimum Gasteiger partial charge on any atom is -0.497 e. The molecule has 0 amide bonds. The molecule has 2 rings (SSSR count). The standard InChI is InChI=1S/C18H29NO2/c1-3-4-12-21-13-6-11-19-18-8-5-7-15-14-16(20-2)9-10-17(15)18/h9-10,14,18-19H,3-8,11-13H2,1-2H3. The van der Waals surface area contributed by atoms with Gasteiger partial charge in [0.1, 0.15) is 5.75 Å². The van der Waals surface area contributed by atoms with Gasteiger partial charge in [0.15, 0.2) is 0 Å². The van der Waals surface area contributed by atoms with E-state index in [0.717, 1.165) is 31.9 Å². The SMILES string of the molecule is CCCCOCCCNC1CCCc2cc(OC)ccc21. The Morgan fingerprint density at radius 3 is 2.90 bits per heavy atom. The summed E-state index contributed by atoms with van der Waals surface area (Å²) < 4.78 is 10.9. The molecule has 0 fully saturated rings. The first kappa shape index (κ1) is 16.3. The molecule has 0 radical (unpaired) electrons. The topological polar surface area (TPSA) is 30.5 Å². The van der Waals surface area contributed by atoms with Crippen molar-refractivity contribution in [1.82, 2.24) is 5.32 Å². The molecule has 1 aliphatic carbocycles. The van der Waals surface area contributed by atoms with Gasteiger partial charge in [-0.25, -0.2) is 0 Å². The summed E-state index contributed by atoms with van der Waals surface area (Å²) in [5.74, 6) is 0.971. The van der Waals surface area contributed by atoms with Crippen molar-refractivity contribution in [2.45, 2.75) is 51.5 Å². The van der Waals surface area contributed by atoms with Gasteiger partial charge in [0.2, 0.25) is 0 Å². The van der Waals surface area contributed by atoms with Crippen LogP contribution in [0.1, 0.15) is 56.2 Å². The van der Waals surface area contributed by atoms with Gasteiger partial charge < -0.3 is 14.8 Å². The molecule has 1 aromatic carbocycles. The fourth-order valence-corrected chi connectivity index (χ4v) is 2.93. The third kappa shape index (κ3) is 5.01. The second-order valence-electron chi connectivity index (χ2n) is 5.78. The molecule has 1 atom stereocenters. The predicted octanol–water partition coefficient (Wildman–Crippen LogP) is 3.87. The van der Waals surface area contributed by atoms with Crippen LogP contribution in [0.4, 0.5) is 0 Å². The zero-order chi connectivity index (χ0) is 14.9. The summed E-state index contributed by atoms with van der Waals surface area (Å²) in [4.78, 5) is 0. The molecule has 118 valence electrons. The van der Waals surface area contributed by atoms with Gasteiger partial charge in [-0.15, -0.1) is 0 Å². The van der Waals surface area contributed by atoms with Crippen LogP contribution in [0.3, 0.4) is 0 Å². The Balaban J connectivity index is 1.75. The highest BCUT2D eigenvalue weighted by atomic mass is 16.5. The largest absolute Gasteiger partial charge is 0.497 e. The van der Waals surface area contributed by atoms with Crippen LogP contribution in [0.25, 0.3) is 0 Å². The Bertz CT molecular complexity index is 420. The summed E-state index contributed by atoms with van der Waals surface area (Å²) in [6, 6.07) is 6.99. The molecule has 0 bridgehead atoms. The zero-order valence-electron chi connectivity index (χ0n) is 13.5. The highest BCUT2D eigenvalue weighted by Gasteiger charge is 2.19. The number of hydrogen-bond acceptors (Lipinski definition) is 3. The lowest BCUT2D eigenvalue weighted by atomic mass is 9.87. The van der Waals surface area contributed by atoms with E-state index in [2.05, 4.69) is 30.4 Å². The molecule has 0 saturated heterocycles. The number of ether oxygens (including phenoxy) is 2. The molecule has 0 spiro atoms. The Kier molecular flexibility index (Phi) is 7.04. The normalized spacial score (nSPS) is 17.5. The van der Waals surface area contributed by atoms with E-state index in [-0.39, 0.29) is 0 Å². The number of methoxy groups -OCH3 is 1. The van der Waals surface area contributed by atoms with Crippen molar-refractivity contribution in [2.24, 2.45) is 0 Å². The van der Waals surface area contributed by atoms with Crippen molar-refractivity contribution < 1.29 is 9.47 Å². The van der Waals surface area contributed by atoms with E-state index in [9.17, 15) is 0 Å². The lowest BCUT2D eigenvalue weighted by Crippen LogP contribution is -2.26. The Morgan fingerprint density at radius 1 is 1.24 bits per heavy atom. The molecule has 1 aliphatic rings. The third-order valence-corrected chi connectivity index (χ3v) is 4.16. The highest BCUT2D eigenvalue weighted by molar-refractivity contribution is 5.39. The quantitative estimate of drug-likeness (QED) is 0.701. The van der Waals surface area contributed by atoms with Gasteiger partial charge in [0.25, 0.3) is 0 Å². The first-order valence-electron chi connectivity index (χ1n) is 8.33. The number of hydrogen-bond donors (Lipinski definition) is 1. The molecule has 0 heterocycles. The van der Waals surface area contributed by atoms with Gasteiger partial charge in [-0.05, 0) is 61.9 Å². The molecule has 1 N–H and O–H groups in total. The van der Waals surface area contributed by atoms with Crippen LogP contribution in [0.2, 0.25) is 0 Å². The Labute approximate surface area is 129 Å². The molecule has 21 heavy (non-hydrogen) atoms. The molecule has 3 heteroatoms. The van der Waals surface area contributed by atoms with Gasteiger partial charge in [-0.2, -0.15) is 0 Å². The second-order valence-corrected chi connectivity index (χ2v) is 5.78. The summed E-state index contributed by atoms with van der Waals surface area (Å²) in [5, 5.41) is 3.69. The van der Waals surface area contributed by atoms with Crippen molar-refractivity contribution in [2.75, 3.05) is 26.9 Å². The van der Waals surface area contributed by atoms with E-state index < -0.39 is 0 Å². The van der Waals surface area contributed by atoms with Crippen molar-refractivity contribution in [1.29, 1.82) is 0 Å². The average molecular weight is 291 g/mol. The van der Waals surface area contributed by atoms with Crippen molar-refractivity contribution in [3.8, 4) is 5.75 Å².